The normalized spacial score (nSPS) is 31.5. The van der Waals surface area contributed by atoms with Gasteiger partial charge in [-0.25, -0.2) is 4.79 Å². The molecule has 0 bridgehead atoms. The molecule has 2 unspecified atom stereocenters. The molecule has 130 valence electrons. The fraction of sp³-hybridized carbons (Fsp3) is 0.556. The van der Waals surface area contributed by atoms with E-state index in [9.17, 15) is 9.59 Å². The highest BCUT2D eigenvalue weighted by Crippen LogP contribution is 2.25. The summed E-state index contributed by atoms with van der Waals surface area (Å²) in [4.78, 5) is 24.0. The molecule has 5 nitrogen and oxygen atoms in total. The number of allylic oxidation sites excluding steroid dienone is 4. The van der Waals surface area contributed by atoms with Crippen LogP contribution in [0.2, 0.25) is 0 Å². The van der Waals surface area contributed by atoms with Gasteiger partial charge in [0.05, 0.1) is 6.26 Å². The number of amides is 3. The number of imide groups is 1. The van der Waals surface area contributed by atoms with Crippen LogP contribution in [0.1, 0.15) is 51.9 Å². The van der Waals surface area contributed by atoms with Gasteiger partial charge in [-0.05, 0) is 18.9 Å². The summed E-state index contributed by atoms with van der Waals surface area (Å²) in [5, 5.41) is 5.13. The smallest absolute Gasteiger partial charge is 0.322 e. The Labute approximate surface area is 145 Å². The van der Waals surface area contributed by atoms with Crippen LogP contribution in [0, 0.1) is 0 Å². The molecule has 0 radical (unpaired) electrons. The van der Waals surface area contributed by atoms with Crippen LogP contribution in [0.25, 0.3) is 0 Å². The van der Waals surface area contributed by atoms with E-state index in [0.717, 1.165) is 24.7 Å². The first-order valence-electron chi connectivity index (χ1n) is 8.87. The van der Waals surface area contributed by atoms with E-state index < -0.39 is 11.6 Å². The fourth-order valence-electron chi connectivity index (χ4n) is 3.06. The lowest BCUT2D eigenvalue weighted by atomic mass is 9.86. The average Bonchev–Trinajstić information content (AvgIpc) is 2.82. The number of carbonyl (C=O) groups excluding carboxylic acids is 2. The highest BCUT2D eigenvalue weighted by Gasteiger charge is 2.45. The predicted octanol–water partition coefficient (Wildman–Crippen LogP) is 2.30. The van der Waals surface area contributed by atoms with Crippen molar-refractivity contribution in [3.05, 3.63) is 36.0 Å². The molecule has 2 rings (SSSR count). The van der Waals surface area contributed by atoms with Gasteiger partial charge in [0.2, 0.25) is 0 Å². The minimum atomic E-state index is -1.02. The van der Waals surface area contributed by atoms with E-state index in [1.54, 1.807) is 12.3 Å². The average molecular weight is 330 g/mol. The summed E-state index contributed by atoms with van der Waals surface area (Å²) in [6.07, 6.45) is 16.2. The van der Waals surface area contributed by atoms with Crippen LogP contribution in [0.15, 0.2) is 36.0 Å². The topological polar surface area (TPSA) is 67.4 Å². The Hall–Kier alpha value is -1.98. The molecule has 24 heavy (non-hydrogen) atoms. The van der Waals surface area contributed by atoms with E-state index in [1.807, 2.05) is 26.1 Å². The van der Waals surface area contributed by atoms with E-state index >= 15 is 0 Å². The minimum Gasteiger partial charge on any atom is -0.498 e. The summed E-state index contributed by atoms with van der Waals surface area (Å²) in [5.41, 5.74) is -0.0352. The summed E-state index contributed by atoms with van der Waals surface area (Å²) in [7, 11) is 1.94. The number of rotatable bonds is 6. The maximum Gasteiger partial charge on any atom is 0.322 e. The molecule has 6 heteroatoms. The molecule has 1 spiro atoms. The van der Waals surface area contributed by atoms with Gasteiger partial charge in [0.1, 0.15) is 19.5 Å². The van der Waals surface area contributed by atoms with E-state index in [2.05, 4.69) is 17.6 Å². The summed E-state index contributed by atoms with van der Waals surface area (Å²) in [5.74, 6) is -0.305. The highest BCUT2D eigenvalue weighted by atomic mass is 16.5. The second-order valence-electron chi connectivity index (χ2n) is 6.62. The second kappa shape index (κ2) is 8.76. The van der Waals surface area contributed by atoms with Crippen LogP contribution in [-0.2, 0) is 9.53 Å². The zero-order chi connectivity index (χ0) is 17.4. The standard InChI is InChI=1S/C18H27BN2O3/c1-2-3-4-5-6-9-15-13-18(16(22)20-17(23)21-18)11-10-14(19)8-7-12-24-15/h7-8,10-12,15H,2-6,9,13,19H2,1H3,(H2,20,21,22,23)/b11-10+,12-7+,14-8-. The van der Waals surface area contributed by atoms with Crippen molar-refractivity contribution in [2.45, 2.75) is 63.5 Å². The number of unbranched alkanes of at least 4 members (excludes halogenated alkanes) is 4. The summed E-state index contributed by atoms with van der Waals surface area (Å²) < 4.78 is 5.85. The number of hydrogen-bond acceptors (Lipinski definition) is 3. The summed E-state index contributed by atoms with van der Waals surface area (Å²) in [6, 6.07) is -0.444. The maximum absolute atomic E-state index is 12.4. The molecular weight excluding hydrogens is 303 g/mol. The number of carbonyl (C=O) groups is 2. The molecule has 1 fully saturated rings. The van der Waals surface area contributed by atoms with E-state index in [-0.39, 0.29) is 12.0 Å². The highest BCUT2D eigenvalue weighted by molar-refractivity contribution is 6.23. The van der Waals surface area contributed by atoms with Gasteiger partial charge in [0, 0.05) is 6.42 Å². The van der Waals surface area contributed by atoms with Crippen LogP contribution in [0.4, 0.5) is 4.79 Å². The van der Waals surface area contributed by atoms with E-state index in [0.29, 0.717) is 6.42 Å². The number of hydrogen-bond donors (Lipinski definition) is 2. The van der Waals surface area contributed by atoms with Crippen LogP contribution in [0.3, 0.4) is 0 Å². The van der Waals surface area contributed by atoms with Crippen molar-refractivity contribution in [3.63, 3.8) is 0 Å². The molecule has 2 atom stereocenters. The Morgan fingerprint density at radius 2 is 2.08 bits per heavy atom. The largest absolute Gasteiger partial charge is 0.498 e. The first kappa shape index (κ1) is 18.4. The van der Waals surface area contributed by atoms with Crippen molar-refractivity contribution >= 4 is 19.8 Å². The Kier molecular flexibility index (Phi) is 6.70. The van der Waals surface area contributed by atoms with Gasteiger partial charge in [-0.1, -0.05) is 56.3 Å². The van der Waals surface area contributed by atoms with Crippen LogP contribution < -0.4 is 10.6 Å². The van der Waals surface area contributed by atoms with Gasteiger partial charge in [-0.2, -0.15) is 0 Å². The van der Waals surface area contributed by atoms with Gasteiger partial charge < -0.3 is 10.1 Å². The molecule has 0 aromatic heterocycles. The Morgan fingerprint density at radius 3 is 2.79 bits per heavy atom. The number of urea groups is 1. The molecule has 2 aliphatic rings. The maximum atomic E-state index is 12.4. The monoisotopic (exact) mass is 330 g/mol. The van der Waals surface area contributed by atoms with Crippen LogP contribution >= 0.6 is 0 Å². The molecular formula is C18H27BN2O3. The Balaban J connectivity index is 2.09. The lowest BCUT2D eigenvalue weighted by Crippen LogP contribution is -2.47. The van der Waals surface area contributed by atoms with Gasteiger partial charge >= 0.3 is 6.03 Å². The molecule has 0 aliphatic carbocycles. The van der Waals surface area contributed by atoms with E-state index in [1.165, 1.54) is 19.3 Å². The first-order chi connectivity index (χ1) is 11.6. The van der Waals surface area contributed by atoms with Crippen LogP contribution in [0.5, 0.6) is 0 Å². The first-order valence-corrected chi connectivity index (χ1v) is 8.87. The summed E-state index contributed by atoms with van der Waals surface area (Å²) in [6.45, 7) is 2.20. The molecule has 2 aliphatic heterocycles. The molecule has 0 aromatic carbocycles. The van der Waals surface area contributed by atoms with Gasteiger partial charge in [0.15, 0.2) is 0 Å². The SMILES string of the molecule is BC1=C\C=C\OC(CCCCCCC)CC2(\C=C\1)NC(=O)NC2=O. The van der Waals surface area contributed by atoms with Crippen molar-refractivity contribution in [1.82, 2.24) is 10.6 Å². The van der Waals surface area contributed by atoms with Crippen molar-refractivity contribution < 1.29 is 14.3 Å². The molecule has 0 saturated carbocycles. The van der Waals surface area contributed by atoms with Gasteiger partial charge in [-0.3, -0.25) is 10.1 Å². The molecule has 3 amide bonds. The van der Waals surface area contributed by atoms with Crippen molar-refractivity contribution in [2.24, 2.45) is 0 Å². The molecule has 1 saturated heterocycles. The number of nitrogens with one attached hydrogen (secondary N) is 2. The third-order valence-electron chi connectivity index (χ3n) is 4.49. The third-order valence-corrected chi connectivity index (χ3v) is 4.49. The Morgan fingerprint density at radius 1 is 1.29 bits per heavy atom. The zero-order valence-electron chi connectivity index (χ0n) is 14.6. The van der Waals surface area contributed by atoms with Crippen molar-refractivity contribution in [1.29, 1.82) is 0 Å². The molecule has 0 aromatic rings. The zero-order valence-corrected chi connectivity index (χ0v) is 14.6. The third kappa shape index (κ3) is 5.01. The predicted molar refractivity (Wildman–Crippen MR) is 97.2 cm³/mol. The Bertz CT molecular complexity index is 556. The quantitative estimate of drug-likeness (QED) is 0.446. The van der Waals surface area contributed by atoms with Gasteiger partial charge in [-0.15, -0.1) is 0 Å². The molecule has 2 heterocycles. The fourth-order valence-corrected chi connectivity index (χ4v) is 3.06. The number of ether oxygens (including phenoxy) is 1. The molecule has 2 N–H and O–H groups in total. The lowest BCUT2D eigenvalue weighted by molar-refractivity contribution is -0.123. The lowest BCUT2D eigenvalue weighted by Gasteiger charge is -2.28. The van der Waals surface area contributed by atoms with Crippen molar-refractivity contribution in [2.75, 3.05) is 0 Å². The van der Waals surface area contributed by atoms with Crippen molar-refractivity contribution in [3.8, 4) is 0 Å². The second-order valence-corrected chi connectivity index (χ2v) is 6.62. The van der Waals surface area contributed by atoms with Crippen LogP contribution in [-0.4, -0.2) is 31.4 Å². The minimum absolute atomic E-state index is 0.108. The van der Waals surface area contributed by atoms with E-state index in [4.69, 9.17) is 4.74 Å². The van der Waals surface area contributed by atoms with Gasteiger partial charge in [0.25, 0.3) is 5.91 Å². The summed E-state index contributed by atoms with van der Waals surface area (Å²) >= 11 is 0.